The molecule has 0 amide bonds. The number of nitrogens with zero attached hydrogens (tertiary/aromatic N) is 2. The van der Waals surface area contributed by atoms with E-state index in [9.17, 15) is 9.59 Å². The number of hydrogen-bond donors (Lipinski definition) is 0. The van der Waals surface area contributed by atoms with Crippen LogP contribution in [0.3, 0.4) is 0 Å². The predicted molar refractivity (Wildman–Crippen MR) is 110 cm³/mol. The zero-order valence-corrected chi connectivity index (χ0v) is 17.2. The first-order valence-corrected chi connectivity index (χ1v) is 10.1. The molecule has 2 aromatic heterocycles. The van der Waals surface area contributed by atoms with Crippen LogP contribution < -0.4 is 5.56 Å². The van der Waals surface area contributed by atoms with Crippen LogP contribution in [0.2, 0.25) is 10.0 Å². The fourth-order valence-electron chi connectivity index (χ4n) is 2.93. The smallest absolute Gasteiger partial charge is 0.305 e. The van der Waals surface area contributed by atoms with E-state index in [0.29, 0.717) is 45.5 Å². The minimum Gasteiger partial charge on any atom is -0.469 e. The molecule has 0 bridgehead atoms. The number of carbonyl (C=O) groups excluding carboxylic acids is 1. The van der Waals surface area contributed by atoms with Gasteiger partial charge in [-0.2, -0.15) is 0 Å². The topological polar surface area (TPSA) is 61.2 Å². The van der Waals surface area contributed by atoms with Crippen LogP contribution in [-0.2, 0) is 22.5 Å². The first kappa shape index (κ1) is 19.9. The predicted octanol–water partition coefficient (Wildman–Crippen LogP) is 4.95. The Morgan fingerprint density at radius 2 is 2.07 bits per heavy atom. The van der Waals surface area contributed by atoms with Gasteiger partial charge in [-0.15, -0.1) is 11.3 Å². The van der Waals surface area contributed by atoms with Gasteiger partial charge in [-0.05, 0) is 24.1 Å². The largest absolute Gasteiger partial charge is 0.469 e. The van der Waals surface area contributed by atoms with E-state index in [4.69, 9.17) is 23.2 Å². The number of aryl methyl sites for hydroxylation is 1. The molecule has 3 aromatic rings. The molecule has 8 heteroatoms. The SMILES string of the molecule is CCc1nc2scc(-c3ccc(Cl)c(Cl)c3)c2c(=O)n1CCCC(=O)OC. The molecule has 3 rings (SSSR count). The van der Waals surface area contributed by atoms with Crippen LogP contribution in [0.25, 0.3) is 21.3 Å². The minimum absolute atomic E-state index is 0.107. The van der Waals surface area contributed by atoms with E-state index in [1.165, 1.54) is 18.4 Å². The average Bonchev–Trinajstić information content (AvgIpc) is 3.09. The molecule has 0 aliphatic rings. The molecule has 5 nitrogen and oxygen atoms in total. The molecule has 0 aliphatic carbocycles. The fourth-order valence-corrected chi connectivity index (χ4v) is 4.18. The van der Waals surface area contributed by atoms with Gasteiger partial charge in [0.05, 0.1) is 22.5 Å². The van der Waals surface area contributed by atoms with Gasteiger partial charge < -0.3 is 4.74 Å². The van der Waals surface area contributed by atoms with Gasteiger partial charge in [-0.1, -0.05) is 36.2 Å². The summed E-state index contributed by atoms with van der Waals surface area (Å²) < 4.78 is 6.32. The molecule has 0 spiro atoms. The number of thiophene rings is 1. The maximum absolute atomic E-state index is 13.2. The Kier molecular flexibility index (Phi) is 6.19. The van der Waals surface area contributed by atoms with Crippen molar-refractivity contribution in [3.63, 3.8) is 0 Å². The Morgan fingerprint density at radius 3 is 2.74 bits per heavy atom. The Morgan fingerprint density at radius 1 is 1.30 bits per heavy atom. The number of aromatic nitrogens is 2. The summed E-state index contributed by atoms with van der Waals surface area (Å²) in [6, 6.07) is 5.30. The highest BCUT2D eigenvalue weighted by Gasteiger charge is 2.17. The molecule has 1 aromatic carbocycles. The summed E-state index contributed by atoms with van der Waals surface area (Å²) in [5.41, 5.74) is 1.50. The van der Waals surface area contributed by atoms with E-state index in [2.05, 4.69) is 9.72 Å². The quantitative estimate of drug-likeness (QED) is 0.525. The van der Waals surface area contributed by atoms with Crippen LogP contribution in [0.5, 0.6) is 0 Å². The number of benzene rings is 1. The summed E-state index contributed by atoms with van der Waals surface area (Å²) >= 11 is 13.6. The van der Waals surface area contributed by atoms with Gasteiger partial charge in [-0.25, -0.2) is 4.98 Å². The van der Waals surface area contributed by atoms with E-state index in [-0.39, 0.29) is 17.9 Å². The van der Waals surface area contributed by atoms with E-state index in [1.54, 1.807) is 16.7 Å². The summed E-state index contributed by atoms with van der Waals surface area (Å²) in [5.74, 6) is 0.419. The zero-order valence-electron chi connectivity index (χ0n) is 14.9. The third-order valence-electron chi connectivity index (χ3n) is 4.31. The van der Waals surface area contributed by atoms with Crippen molar-refractivity contribution in [3.8, 4) is 11.1 Å². The highest BCUT2D eigenvalue weighted by Crippen LogP contribution is 2.34. The van der Waals surface area contributed by atoms with Crippen LogP contribution in [0.15, 0.2) is 28.4 Å². The number of rotatable bonds is 6. The Bertz CT molecular complexity index is 1060. The van der Waals surface area contributed by atoms with Gasteiger partial charge in [-0.3, -0.25) is 14.2 Å². The van der Waals surface area contributed by atoms with E-state index in [0.717, 1.165) is 11.1 Å². The van der Waals surface area contributed by atoms with Gasteiger partial charge in [0.25, 0.3) is 5.56 Å². The van der Waals surface area contributed by atoms with Crippen LogP contribution in [0, 0.1) is 0 Å². The molecule has 0 fully saturated rings. The van der Waals surface area contributed by atoms with Gasteiger partial charge in [0.2, 0.25) is 0 Å². The molecule has 0 unspecified atom stereocenters. The number of hydrogen-bond acceptors (Lipinski definition) is 5. The second-order valence-corrected chi connectivity index (χ2v) is 7.65. The molecule has 0 atom stereocenters. The summed E-state index contributed by atoms with van der Waals surface area (Å²) in [6.07, 6.45) is 1.40. The fraction of sp³-hybridized carbons (Fsp3) is 0.316. The molecular formula is C19H18Cl2N2O3S. The van der Waals surface area contributed by atoms with Crippen LogP contribution in [0.1, 0.15) is 25.6 Å². The van der Waals surface area contributed by atoms with Crippen molar-refractivity contribution in [2.24, 2.45) is 0 Å². The standard InChI is InChI=1S/C19H18Cl2N2O3S/c1-3-15-22-18-17(19(25)23(15)8-4-5-16(24)26-2)12(10-27-18)11-6-7-13(20)14(21)9-11/h6-7,9-10H,3-5,8H2,1-2H3. The van der Waals surface area contributed by atoms with Gasteiger partial charge in [0, 0.05) is 30.3 Å². The van der Waals surface area contributed by atoms with E-state index in [1.807, 2.05) is 18.4 Å². The molecule has 142 valence electrons. The summed E-state index contributed by atoms with van der Waals surface area (Å²) in [4.78, 5) is 29.9. The molecule has 0 N–H and O–H groups in total. The van der Waals surface area contributed by atoms with E-state index < -0.39 is 0 Å². The Balaban J connectivity index is 2.08. The minimum atomic E-state index is -0.290. The third-order valence-corrected chi connectivity index (χ3v) is 5.92. The number of esters is 1. The van der Waals surface area contributed by atoms with Crippen molar-refractivity contribution < 1.29 is 9.53 Å². The molecule has 0 radical (unpaired) electrons. The van der Waals surface area contributed by atoms with Gasteiger partial charge in [0.15, 0.2) is 0 Å². The van der Waals surface area contributed by atoms with Crippen molar-refractivity contribution in [1.29, 1.82) is 0 Å². The second kappa shape index (κ2) is 8.42. The number of carbonyl (C=O) groups is 1. The van der Waals surface area contributed by atoms with Crippen LogP contribution in [0.4, 0.5) is 0 Å². The Labute approximate surface area is 170 Å². The maximum atomic E-state index is 13.2. The van der Waals surface area contributed by atoms with Crippen molar-refractivity contribution in [1.82, 2.24) is 9.55 Å². The van der Waals surface area contributed by atoms with Crippen molar-refractivity contribution in [2.75, 3.05) is 7.11 Å². The average molecular weight is 425 g/mol. The molecule has 27 heavy (non-hydrogen) atoms. The number of fused-ring (bicyclic) bond motifs is 1. The summed E-state index contributed by atoms with van der Waals surface area (Å²) in [7, 11) is 1.36. The lowest BCUT2D eigenvalue weighted by Crippen LogP contribution is -2.25. The van der Waals surface area contributed by atoms with Crippen LogP contribution in [-0.4, -0.2) is 22.6 Å². The monoisotopic (exact) mass is 424 g/mol. The first-order chi connectivity index (χ1) is 13.0. The van der Waals surface area contributed by atoms with Gasteiger partial charge >= 0.3 is 5.97 Å². The number of halogens is 2. The van der Waals surface area contributed by atoms with Crippen molar-refractivity contribution in [2.45, 2.75) is 32.7 Å². The van der Waals surface area contributed by atoms with Gasteiger partial charge in [0.1, 0.15) is 10.7 Å². The molecule has 0 saturated heterocycles. The number of methoxy groups -OCH3 is 1. The van der Waals surface area contributed by atoms with Crippen molar-refractivity contribution in [3.05, 3.63) is 49.8 Å². The van der Waals surface area contributed by atoms with E-state index >= 15 is 0 Å². The summed E-state index contributed by atoms with van der Waals surface area (Å²) in [5, 5.41) is 3.38. The second-order valence-electron chi connectivity index (χ2n) is 5.98. The molecule has 2 heterocycles. The highest BCUT2D eigenvalue weighted by molar-refractivity contribution is 7.17. The van der Waals surface area contributed by atoms with Crippen LogP contribution >= 0.6 is 34.5 Å². The normalized spacial score (nSPS) is 11.1. The molecule has 0 saturated carbocycles. The van der Waals surface area contributed by atoms with Crippen molar-refractivity contribution >= 4 is 50.7 Å². The lowest BCUT2D eigenvalue weighted by atomic mass is 10.1. The Hall–Kier alpha value is -1.89. The lowest BCUT2D eigenvalue weighted by Gasteiger charge is -2.11. The molecular weight excluding hydrogens is 407 g/mol. The molecule has 0 aliphatic heterocycles. The summed E-state index contributed by atoms with van der Waals surface area (Å²) in [6.45, 7) is 2.37. The lowest BCUT2D eigenvalue weighted by molar-refractivity contribution is -0.140. The third kappa shape index (κ3) is 4.03. The maximum Gasteiger partial charge on any atom is 0.305 e. The number of ether oxygens (including phenoxy) is 1. The first-order valence-electron chi connectivity index (χ1n) is 8.49. The zero-order chi connectivity index (χ0) is 19.6. The highest BCUT2D eigenvalue weighted by atomic mass is 35.5.